The van der Waals surface area contributed by atoms with Crippen LogP contribution in [0.1, 0.15) is 32.2 Å². The number of amides is 1. The molecular weight excluding hydrogens is 360 g/mol. The molecule has 0 unspecified atom stereocenters. The van der Waals surface area contributed by atoms with Crippen LogP contribution >= 0.6 is 11.8 Å². The van der Waals surface area contributed by atoms with Gasteiger partial charge in [0.15, 0.2) is 0 Å². The number of nitrogen functional groups attached to an aromatic ring is 1. The van der Waals surface area contributed by atoms with Crippen LogP contribution < -0.4 is 10.6 Å². The zero-order valence-electron chi connectivity index (χ0n) is 16.6. The summed E-state index contributed by atoms with van der Waals surface area (Å²) in [5, 5.41) is 0. The molecule has 0 spiro atoms. The third-order valence-electron chi connectivity index (χ3n) is 3.84. The number of hydrogen-bond acceptors (Lipinski definition) is 7. The lowest BCUT2D eigenvalue weighted by Gasteiger charge is -2.36. The van der Waals surface area contributed by atoms with Crippen LogP contribution in [-0.2, 0) is 17.1 Å². The van der Waals surface area contributed by atoms with Crippen LogP contribution in [0.3, 0.4) is 0 Å². The van der Waals surface area contributed by atoms with Crippen LogP contribution in [0.4, 0.5) is 11.9 Å². The standard InChI is InChI=1S/C19H28N6OS/c1-19(2,3)25(11-14-9-7-6-8-10-14)16(26)13-27-12-15-21-17(20)23-18(22-15)24(4)5/h6-10H,11-13H2,1-5H3,(H2,20,21,22,23). The van der Waals surface area contributed by atoms with E-state index in [0.29, 0.717) is 29.8 Å². The third kappa shape index (κ3) is 6.39. The van der Waals surface area contributed by atoms with E-state index in [1.807, 2.05) is 49.3 Å². The quantitative estimate of drug-likeness (QED) is 0.780. The van der Waals surface area contributed by atoms with Crippen LogP contribution in [0.2, 0.25) is 0 Å². The zero-order chi connectivity index (χ0) is 20.0. The molecule has 27 heavy (non-hydrogen) atoms. The average molecular weight is 389 g/mol. The van der Waals surface area contributed by atoms with Crippen molar-refractivity contribution in [1.29, 1.82) is 0 Å². The van der Waals surface area contributed by atoms with E-state index in [0.717, 1.165) is 5.56 Å². The molecule has 0 saturated heterocycles. The topological polar surface area (TPSA) is 88.2 Å². The Hall–Kier alpha value is -2.35. The maximum Gasteiger partial charge on any atom is 0.233 e. The molecule has 1 heterocycles. The minimum atomic E-state index is -0.261. The van der Waals surface area contributed by atoms with Gasteiger partial charge in [-0.1, -0.05) is 30.3 Å². The van der Waals surface area contributed by atoms with E-state index in [2.05, 4.69) is 35.7 Å². The summed E-state index contributed by atoms with van der Waals surface area (Å²) in [6.45, 7) is 6.74. The van der Waals surface area contributed by atoms with Crippen molar-refractivity contribution >= 4 is 29.6 Å². The number of thioether (sulfide) groups is 1. The van der Waals surface area contributed by atoms with Gasteiger partial charge in [-0.15, -0.1) is 11.8 Å². The van der Waals surface area contributed by atoms with Crippen LogP contribution in [0.5, 0.6) is 0 Å². The van der Waals surface area contributed by atoms with Crippen molar-refractivity contribution in [2.75, 3.05) is 30.5 Å². The van der Waals surface area contributed by atoms with E-state index in [4.69, 9.17) is 5.73 Å². The lowest BCUT2D eigenvalue weighted by molar-refractivity contribution is -0.133. The number of benzene rings is 1. The SMILES string of the molecule is CN(C)c1nc(N)nc(CSCC(=O)N(Cc2ccccc2)C(C)(C)C)n1. The first-order valence-electron chi connectivity index (χ1n) is 8.76. The number of hydrogen-bond donors (Lipinski definition) is 1. The highest BCUT2D eigenvalue weighted by Gasteiger charge is 2.26. The third-order valence-corrected chi connectivity index (χ3v) is 4.75. The molecule has 1 aromatic heterocycles. The summed E-state index contributed by atoms with van der Waals surface area (Å²) in [7, 11) is 3.69. The molecule has 0 saturated carbocycles. The molecule has 1 aromatic carbocycles. The van der Waals surface area contributed by atoms with Crippen LogP contribution in [0, 0.1) is 0 Å². The fourth-order valence-electron chi connectivity index (χ4n) is 2.46. The Morgan fingerprint density at radius 1 is 1.11 bits per heavy atom. The van der Waals surface area contributed by atoms with Gasteiger partial charge < -0.3 is 15.5 Å². The molecule has 7 nitrogen and oxygen atoms in total. The number of anilines is 2. The first-order chi connectivity index (χ1) is 12.7. The summed E-state index contributed by atoms with van der Waals surface area (Å²) < 4.78 is 0. The summed E-state index contributed by atoms with van der Waals surface area (Å²) in [4.78, 5) is 29.1. The lowest BCUT2D eigenvalue weighted by Crippen LogP contribution is -2.45. The monoisotopic (exact) mass is 388 g/mol. The highest BCUT2D eigenvalue weighted by molar-refractivity contribution is 7.99. The predicted octanol–water partition coefficient (Wildman–Crippen LogP) is 2.58. The Morgan fingerprint density at radius 3 is 2.37 bits per heavy atom. The van der Waals surface area contributed by atoms with Crippen LogP contribution in [-0.4, -0.2) is 51.1 Å². The molecule has 0 aliphatic heterocycles. The maximum atomic E-state index is 12.8. The molecule has 0 fully saturated rings. The van der Waals surface area contributed by atoms with Gasteiger partial charge in [0.05, 0.1) is 11.5 Å². The van der Waals surface area contributed by atoms with Crippen molar-refractivity contribution in [1.82, 2.24) is 19.9 Å². The Bertz CT molecular complexity index is 761. The minimum Gasteiger partial charge on any atom is -0.368 e. The van der Waals surface area contributed by atoms with E-state index in [1.54, 1.807) is 4.90 Å². The van der Waals surface area contributed by atoms with Crippen molar-refractivity contribution in [3.05, 3.63) is 41.7 Å². The highest BCUT2D eigenvalue weighted by Crippen LogP contribution is 2.20. The molecule has 2 aromatic rings. The van der Waals surface area contributed by atoms with Gasteiger partial charge in [0.2, 0.25) is 17.8 Å². The van der Waals surface area contributed by atoms with Gasteiger partial charge in [-0.3, -0.25) is 4.79 Å². The molecule has 0 aliphatic rings. The van der Waals surface area contributed by atoms with Gasteiger partial charge in [0.25, 0.3) is 0 Å². The summed E-state index contributed by atoms with van der Waals surface area (Å²) in [5.41, 5.74) is 6.60. The summed E-state index contributed by atoms with van der Waals surface area (Å²) in [5.74, 6) is 2.23. The number of nitrogens with two attached hydrogens (primary N) is 1. The Morgan fingerprint density at radius 2 is 1.78 bits per heavy atom. The number of rotatable bonds is 7. The second kappa shape index (κ2) is 9.03. The minimum absolute atomic E-state index is 0.0891. The van der Waals surface area contributed by atoms with E-state index >= 15 is 0 Å². The fraction of sp³-hybridized carbons (Fsp3) is 0.474. The summed E-state index contributed by atoms with van der Waals surface area (Å²) >= 11 is 1.48. The van der Waals surface area contributed by atoms with Crippen molar-refractivity contribution < 1.29 is 4.79 Å². The summed E-state index contributed by atoms with van der Waals surface area (Å²) in [6, 6.07) is 10.0. The van der Waals surface area contributed by atoms with E-state index in [1.165, 1.54) is 11.8 Å². The van der Waals surface area contributed by atoms with Crippen molar-refractivity contribution in [3.63, 3.8) is 0 Å². The number of carbonyl (C=O) groups excluding carboxylic acids is 1. The first-order valence-corrected chi connectivity index (χ1v) is 9.92. The Kier molecular flexibility index (Phi) is 7.01. The van der Waals surface area contributed by atoms with Crippen LogP contribution in [0.25, 0.3) is 0 Å². The average Bonchev–Trinajstić information content (AvgIpc) is 2.59. The molecule has 2 rings (SSSR count). The Balaban J connectivity index is 2.00. The van der Waals surface area contributed by atoms with Crippen molar-refractivity contribution in [2.24, 2.45) is 0 Å². The fourth-order valence-corrected chi connectivity index (χ4v) is 3.21. The number of nitrogens with zero attached hydrogens (tertiary/aromatic N) is 5. The van der Waals surface area contributed by atoms with Gasteiger partial charge >= 0.3 is 0 Å². The first kappa shape index (κ1) is 21.0. The smallest absolute Gasteiger partial charge is 0.233 e. The molecule has 0 aliphatic carbocycles. The van der Waals surface area contributed by atoms with E-state index in [9.17, 15) is 4.79 Å². The van der Waals surface area contributed by atoms with Crippen molar-refractivity contribution in [2.45, 2.75) is 38.6 Å². The molecule has 0 bridgehead atoms. The Labute approximate surface area is 165 Å². The molecule has 8 heteroatoms. The molecule has 0 radical (unpaired) electrons. The van der Waals surface area contributed by atoms with Crippen LogP contribution in [0.15, 0.2) is 30.3 Å². The van der Waals surface area contributed by atoms with E-state index in [-0.39, 0.29) is 17.4 Å². The van der Waals surface area contributed by atoms with Gasteiger partial charge in [0, 0.05) is 26.2 Å². The normalized spacial score (nSPS) is 11.3. The van der Waals surface area contributed by atoms with E-state index < -0.39 is 0 Å². The van der Waals surface area contributed by atoms with Gasteiger partial charge in [-0.25, -0.2) is 0 Å². The molecule has 0 atom stereocenters. The second-order valence-corrected chi connectivity index (χ2v) is 8.42. The molecule has 2 N–H and O–H groups in total. The van der Waals surface area contributed by atoms with Crippen molar-refractivity contribution in [3.8, 4) is 0 Å². The predicted molar refractivity (Wildman–Crippen MR) is 111 cm³/mol. The summed E-state index contributed by atoms with van der Waals surface area (Å²) in [6.07, 6.45) is 0. The van der Waals surface area contributed by atoms with Gasteiger partial charge in [0.1, 0.15) is 5.82 Å². The van der Waals surface area contributed by atoms with Gasteiger partial charge in [-0.2, -0.15) is 15.0 Å². The molecular formula is C19H28N6OS. The highest BCUT2D eigenvalue weighted by atomic mass is 32.2. The van der Waals surface area contributed by atoms with Gasteiger partial charge in [-0.05, 0) is 26.3 Å². The largest absolute Gasteiger partial charge is 0.368 e. The number of aromatic nitrogens is 3. The maximum absolute atomic E-state index is 12.8. The molecule has 1 amide bonds. The number of carbonyl (C=O) groups is 1. The zero-order valence-corrected chi connectivity index (χ0v) is 17.5. The lowest BCUT2D eigenvalue weighted by atomic mass is 10.0. The second-order valence-electron chi connectivity index (χ2n) is 7.43. The molecule has 146 valence electrons.